The molecular formula is C24H27F3O3. The zero-order valence-electron chi connectivity index (χ0n) is 17.1. The predicted octanol–water partition coefficient (Wildman–Crippen LogP) is 6.70. The van der Waals surface area contributed by atoms with Gasteiger partial charge in [-0.05, 0) is 48.9 Å². The van der Waals surface area contributed by atoms with Crippen LogP contribution < -0.4 is 9.47 Å². The molecule has 0 bridgehead atoms. The summed E-state index contributed by atoms with van der Waals surface area (Å²) in [4.78, 5) is 12.1. The van der Waals surface area contributed by atoms with Gasteiger partial charge in [0, 0.05) is 12.1 Å². The van der Waals surface area contributed by atoms with Gasteiger partial charge in [-0.3, -0.25) is 0 Å². The van der Waals surface area contributed by atoms with E-state index in [2.05, 4.69) is 6.92 Å². The number of carbonyl (C=O) groups is 1. The van der Waals surface area contributed by atoms with Crippen molar-refractivity contribution in [3.8, 4) is 11.5 Å². The second-order valence-electron chi connectivity index (χ2n) is 7.95. The molecule has 3 rings (SSSR count). The summed E-state index contributed by atoms with van der Waals surface area (Å²) in [5.41, 5.74) is 0.198. The summed E-state index contributed by atoms with van der Waals surface area (Å²) in [7, 11) is 0. The lowest BCUT2D eigenvalue weighted by atomic mass is 9.80. The highest BCUT2D eigenvalue weighted by molar-refractivity contribution is 5.91. The Kier molecular flexibility index (Phi) is 7.77. The van der Waals surface area contributed by atoms with Crippen LogP contribution in [0.4, 0.5) is 13.2 Å². The number of hydrogen-bond acceptors (Lipinski definition) is 3. The zero-order valence-corrected chi connectivity index (χ0v) is 17.1. The average molecular weight is 420 g/mol. The minimum atomic E-state index is -1.61. The van der Waals surface area contributed by atoms with E-state index in [-0.39, 0.29) is 5.56 Å². The Balaban J connectivity index is 1.47. The molecule has 0 aliphatic heterocycles. The molecule has 162 valence electrons. The molecule has 1 aliphatic rings. The maximum absolute atomic E-state index is 13.2. The Bertz CT molecular complexity index is 820. The minimum Gasteiger partial charge on any atom is -0.493 e. The van der Waals surface area contributed by atoms with Gasteiger partial charge in [0.05, 0.1) is 12.2 Å². The summed E-state index contributed by atoms with van der Waals surface area (Å²) in [5, 5.41) is 0. The van der Waals surface area contributed by atoms with Gasteiger partial charge in [0.15, 0.2) is 17.5 Å². The fourth-order valence-corrected chi connectivity index (χ4v) is 3.84. The van der Waals surface area contributed by atoms with E-state index in [1.807, 2.05) is 0 Å². The maximum atomic E-state index is 13.2. The van der Waals surface area contributed by atoms with Crippen LogP contribution in [0, 0.1) is 29.3 Å². The van der Waals surface area contributed by atoms with Gasteiger partial charge in [-0.15, -0.1) is 0 Å². The van der Waals surface area contributed by atoms with Crippen LogP contribution in [0.5, 0.6) is 11.5 Å². The molecule has 0 saturated heterocycles. The Morgan fingerprint density at radius 3 is 2.13 bits per heavy atom. The third-order valence-electron chi connectivity index (χ3n) is 5.68. The molecule has 30 heavy (non-hydrogen) atoms. The normalized spacial score (nSPS) is 18.8. The molecule has 0 unspecified atom stereocenters. The van der Waals surface area contributed by atoms with Crippen molar-refractivity contribution in [1.29, 1.82) is 0 Å². The van der Waals surface area contributed by atoms with E-state index >= 15 is 0 Å². The lowest BCUT2D eigenvalue weighted by Gasteiger charge is -2.28. The van der Waals surface area contributed by atoms with Crippen molar-refractivity contribution in [1.82, 2.24) is 0 Å². The fourth-order valence-electron chi connectivity index (χ4n) is 3.84. The molecule has 0 aromatic heterocycles. The number of hydrogen-bond donors (Lipinski definition) is 0. The van der Waals surface area contributed by atoms with Crippen LogP contribution in [0.3, 0.4) is 0 Å². The number of esters is 1. The molecule has 0 atom stereocenters. The van der Waals surface area contributed by atoms with Gasteiger partial charge in [-0.1, -0.05) is 39.0 Å². The number of benzene rings is 2. The molecule has 3 nitrogen and oxygen atoms in total. The van der Waals surface area contributed by atoms with Crippen LogP contribution in [0.2, 0.25) is 0 Å². The SMILES string of the molecule is CCCC[C@H]1CC[C@H](COc2ccc(C(=O)Oc3cc(F)c(F)c(F)c3)cc2)CC1. The van der Waals surface area contributed by atoms with E-state index in [9.17, 15) is 18.0 Å². The first-order chi connectivity index (χ1) is 14.5. The number of rotatable bonds is 8. The standard InChI is InChI=1S/C24H27F3O3/c1-2-3-4-16-5-7-17(8-6-16)15-29-19-11-9-18(10-12-19)24(28)30-20-13-21(25)23(27)22(26)14-20/h9-14,16-17H,2-8,15H2,1H3/t16-,17-. The summed E-state index contributed by atoms with van der Waals surface area (Å²) in [6, 6.07) is 7.63. The number of unbranched alkanes of at least 4 members (excludes halogenated alkanes) is 1. The molecule has 6 heteroatoms. The van der Waals surface area contributed by atoms with E-state index in [0.29, 0.717) is 30.4 Å². The van der Waals surface area contributed by atoms with Crippen LogP contribution in [0.15, 0.2) is 36.4 Å². The molecule has 2 aromatic carbocycles. The van der Waals surface area contributed by atoms with Crippen molar-refractivity contribution in [3.63, 3.8) is 0 Å². The first kappa shape index (κ1) is 22.2. The van der Waals surface area contributed by atoms with Crippen LogP contribution in [-0.2, 0) is 0 Å². The van der Waals surface area contributed by atoms with Crippen molar-refractivity contribution >= 4 is 5.97 Å². The molecule has 1 fully saturated rings. The summed E-state index contributed by atoms with van der Waals surface area (Å²) in [6.45, 7) is 2.88. The fraction of sp³-hybridized carbons (Fsp3) is 0.458. The van der Waals surface area contributed by atoms with Crippen molar-refractivity contribution in [3.05, 3.63) is 59.4 Å². The molecule has 0 spiro atoms. The molecule has 0 heterocycles. The van der Waals surface area contributed by atoms with Gasteiger partial charge in [0.25, 0.3) is 0 Å². The first-order valence-electron chi connectivity index (χ1n) is 10.6. The third-order valence-corrected chi connectivity index (χ3v) is 5.68. The van der Waals surface area contributed by atoms with Crippen molar-refractivity contribution in [2.24, 2.45) is 11.8 Å². The number of ether oxygens (including phenoxy) is 2. The van der Waals surface area contributed by atoms with Gasteiger partial charge < -0.3 is 9.47 Å². The Labute approximate surface area is 175 Å². The largest absolute Gasteiger partial charge is 0.493 e. The summed E-state index contributed by atoms with van der Waals surface area (Å²) in [6.07, 6.45) is 8.80. The van der Waals surface area contributed by atoms with Gasteiger partial charge in [0.1, 0.15) is 11.5 Å². The zero-order chi connectivity index (χ0) is 21.5. The second-order valence-corrected chi connectivity index (χ2v) is 7.95. The average Bonchev–Trinajstić information content (AvgIpc) is 2.75. The highest BCUT2D eigenvalue weighted by Crippen LogP contribution is 2.32. The van der Waals surface area contributed by atoms with Crippen molar-refractivity contribution < 1.29 is 27.4 Å². The van der Waals surface area contributed by atoms with Crippen molar-refractivity contribution in [2.45, 2.75) is 51.9 Å². The minimum absolute atomic E-state index is 0.198. The molecule has 0 amide bonds. The molecule has 2 aromatic rings. The van der Waals surface area contributed by atoms with E-state index in [1.165, 1.54) is 57.1 Å². The van der Waals surface area contributed by atoms with Crippen LogP contribution in [-0.4, -0.2) is 12.6 Å². The summed E-state index contributed by atoms with van der Waals surface area (Å²) >= 11 is 0. The van der Waals surface area contributed by atoms with E-state index in [0.717, 1.165) is 5.92 Å². The highest BCUT2D eigenvalue weighted by atomic mass is 19.2. The van der Waals surface area contributed by atoms with Crippen LogP contribution in [0.25, 0.3) is 0 Å². The Morgan fingerprint density at radius 1 is 0.933 bits per heavy atom. The smallest absolute Gasteiger partial charge is 0.343 e. The van der Waals surface area contributed by atoms with Crippen LogP contribution >= 0.6 is 0 Å². The van der Waals surface area contributed by atoms with E-state index < -0.39 is 29.2 Å². The topological polar surface area (TPSA) is 35.5 Å². The third kappa shape index (κ3) is 6.00. The number of halogens is 3. The molecule has 1 aliphatic carbocycles. The Hall–Kier alpha value is -2.50. The molecule has 1 saturated carbocycles. The van der Waals surface area contributed by atoms with Crippen molar-refractivity contribution in [2.75, 3.05) is 6.61 Å². The first-order valence-corrected chi connectivity index (χ1v) is 10.6. The lowest BCUT2D eigenvalue weighted by Crippen LogP contribution is -2.20. The number of carbonyl (C=O) groups excluding carboxylic acids is 1. The lowest BCUT2D eigenvalue weighted by molar-refractivity contribution is 0.0733. The van der Waals surface area contributed by atoms with Gasteiger partial charge in [-0.25, -0.2) is 18.0 Å². The maximum Gasteiger partial charge on any atom is 0.343 e. The predicted molar refractivity (Wildman–Crippen MR) is 108 cm³/mol. The second kappa shape index (κ2) is 10.5. The van der Waals surface area contributed by atoms with E-state index in [4.69, 9.17) is 9.47 Å². The molecular weight excluding hydrogens is 393 g/mol. The van der Waals surface area contributed by atoms with E-state index in [1.54, 1.807) is 12.1 Å². The summed E-state index contributed by atoms with van der Waals surface area (Å²) < 4.78 is 50.3. The summed E-state index contributed by atoms with van der Waals surface area (Å²) in [5.74, 6) is -3.57. The van der Waals surface area contributed by atoms with Gasteiger partial charge >= 0.3 is 5.97 Å². The van der Waals surface area contributed by atoms with Gasteiger partial charge in [-0.2, -0.15) is 0 Å². The monoisotopic (exact) mass is 420 g/mol. The Morgan fingerprint density at radius 2 is 1.53 bits per heavy atom. The van der Waals surface area contributed by atoms with Gasteiger partial charge in [0.2, 0.25) is 0 Å². The quantitative estimate of drug-likeness (QED) is 0.271. The van der Waals surface area contributed by atoms with Crippen LogP contribution in [0.1, 0.15) is 62.2 Å². The highest BCUT2D eigenvalue weighted by Gasteiger charge is 2.21. The molecule has 0 N–H and O–H groups in total. The molecule has 0 radical (unpaired) electrons.